The summed E-state index contributed by atoms with van der Waals surface area (Å²) in [5.74, 6) is 1.24. The van der Waals surface area contributed by atoms with E-state index in [1.54, 1.807) is 18.2 Å². The minimum Gasteiger partial charge on any atom is -0.507 e. The van der Waals surface area contributed by atoms with Crippen molar-refractivity contribution >= 4 is 12.1 Å². The molecule has 2 N–H and O–H groups in total. The highest BCUT2D eigenvalue weighted by atomic mass is 16.7. The Morgan fingerprint density at radius 2 is 1.85 bits per heavy atom. The van der Waals surface area contributed by atoms with Crippen LogP contribution in [-0.4, -0.2) is 24.0 Å². The number of fused-ring (bicyclic) bond motifs is 1. The van der Waals surface area contributed by atoms with E-state index in [-0.39, 0.29) is 29.9 Å². The standard InChI is InChI=1S/C21H24N2O4/c1-12(2)15-8-16(13(3)4)20(24)17(9-15)21(25)23-22-10-14-5-6-18-19(7-14)27-11-26-18/h5-10,12-13,24H,11H2,1-4H3,(H,23,25)/b22-10-. The lowest BCUT2D eigenvalue weighted by Gasteiger charge is -2.16. The van der Waals surface area contributed by atoms with Crippen LogP contribution in [0.25, 0.3) is 0 Å². The number of hydrogen-bond donors (Lipinski definition) is 2. The number of benzene rings is 2. The van der Waals surface area contributed by atoms with Crippen LogP contribution in [0.4, 0.5) is 0 Å². The van der Waals surface area contributed by atoms with Crippen molar-refractivity contribution in [2.45, 2.75) is 39.5 Å². The van der Waals surface area contributed by atoms with Gasteiger partial charge in [-0.1, -0.05) is 33.8 Å². The summed E-state index contributed by atoms with van der Waals surface area (Å²) < 4.78 is 10.6. The molecule has 0 fully saturated rings. The summed E-state index contributed by atoms with van der Waals surface area (Å²) in [5, 5.41) is 14.5. The van der Waals surface area contributed by atoms with Gasteiger partial charge in [0.15, 0.2) is 11.5 Å². The number of hydrazone groups is 1. The van der Waals surface area contributed by atoms with Crippen LogP contribution >= 0.6 is 0 Å². The Kier molecular flexibility index (Phi) is 5.35. The monoisotopic (exact) mass is 368 g/mol. The van der Waals surface area contributed by atoms with E-state index in [0.717, 1.165) is 16.7 Å². The first-order chi connectivity index (χ1) is 12.9. The van der Waals surface area contributed by atoms with Crippen molar-refractivity contribution in [1.29, 1.82) is 0 Å². The van der Waals surface area contributed by atoms with Crippen molar-refractivity contribution in [3.8, 4) is 17.2 Å². The fourth-order valence-electron chi connectivity index (χ4n) is 2.85. The van der Waals surface area contributed by atoms with Crippen molar-refractivity contribution < 1.29 is 19.4 Å². The van der Waals surface area contributed by atoms with Gasteiger partial charge < -0.3 is 14.6 Å². The second-order valence-corrected chi connectivity index (χ2v) is 7.13. The van der Waals surface area contributed by atoms with E-state index in [1.807, 2.05) is 26.0 Å². The summed E-state index contributed by atoms with van der Waals surface area (Å²) in [5.41, 5.74) is 5.24. The second kappa shape index (κ2) is 7.70. The topological polar surface area (TPSA) is 80.2 Å². The van der Waals surface area contributed by atoms with E-state index < -0.39 is 5.91 Å². The number of phenolic OH excluding ortho intramolecular Hbond substituents is 1. The van der Waals surface area contributed by atoms with Crippen LogP contribution in [0.5, 0.6) is 17.2 Å². The molecule has 2 aromatic carbocycles. The summed E-state index contributed by atoms with van der Waals surface area (Å²) in [4.78, 5) is 12.6. The molecular formula is C21H24N2O4. The van der Waals surface area contributed by atoms with Gasteiger partial charge in [-0.05, 0) is 52.8 Å². The maximum atomic E-state index is 12.6. The van der Waals surface area contributed by atoms with Crippen LogP contribution in [0, 0.1) is 0 Å². The third kappa shape index (κ3) is 4.05. The Labute approximate surface area is 158 Å². The summed E-state index contributed by atoms with van der Waals surface area (Å²) in [6.07, 6.45) is 1.52. The quantitative estimate of drug-likeness (QED) is 0.614. The molecule has 6 heteroatoms. The molecule has 0 bridgehead atoms. The lowest BCUT2D eigenvalue weighted by molar-refractivity contribution is 0.0952. The van der Waals surface area contributed by atoms with Crippen molar-refractivity contribution in [3.63, 3.8) is 0 Å². The fourth-order valence-corrected chi connectivity index (χ4v) is 2.85. The SMILES string of the molecule is CC(C)c1cc(C(=O)N/N=C\c2ccc3c(c2)OCO3)c(O)c(C(C)C)c1. The number of hydrogen-bond acceptors (Lipinski definition) is 5. The first kappa shape index (κ1) is 18.8. The Balaban J connectivity index is 1.79. The van der Waals surface area contributed by atoms with E-state index in [2.05, 4.69) is 24.4 Å². The van der Waals surface area contributed by atoms with Gasteiger partial charge in [0, 0.05) is 0 Å². The lowest BCUT2D eigenvalue weighted by Crippen LogP contribution is -2.18. The molecule has 1 aliphatic rings. The summed E-state index contributed by atoms with van der Waals surface area (Å²) in [6.45, 7) is 8.28. The fraction of sp³-hybridized carbons (Fsp3) is 0.333. The Morgan fingerprint density at radius 3 is 2.56 bits per heavy atom. The number of nitrogens with zero attached hydrogens (tertiary/aromatic N) is 1. The average molecular weight is 368 g/mol. The molecule has 0 spiro atoms. The third-order valence-electron chi connectivity index (χ3n) is 4.47. The van der Waals surface area contributed by atoms with Crippen molar-refractivity contribution in [1.82, 2.24) is 5.43 Å². The van der Waals surface area contributed by atoms with Gasteiger partial charge in [-0.15, -0.1) is 0 Å². The number of aromatic hydroxyl groups is 1. The minimum absolute atomic E-state index is 0.00480. The Hall–Kier alpha value is -3.02. The zero-order valence-corrected chi connectivity index (χ0v) is 15.9. The van der Waals surface area contributed by atoms with Crippen LogP contribution < -0.4 is 14.9 Å². The first-order valence-corrected chi connectivity index (χ1v) is 8.96. The molecule has 0 radical (unpaired) electrons. The molecule has 3 rings (SSSR count). The Morgan fingerprint density at radius 1 is 1.11 bits per heavy atom. The van der Waals surface area contributed by atoms with Gasteiger partial charge in [0.25, 0.3) is 5.91 Å². The highest BCUT2D eigenvalue weighted by Crippen LogP contribution is 2.33. The number of ether oxygens (including phenoxy) is 2. The molecule has 1 heterocycles. The highest BCUT2D eigenvalue weighted by Gasteiger charge is 2.19. The molecule has 0 aromatic heterocycles. The number of carbonyl (C=O) groups excluding carboxylic acids is 1. The maximum Gasteiger partial charge on any atom is 0.275 e. The summed E-state index contributed by atoms with van der Waals surface area (Å²) in [6, 6.07) is 9.07. The van der Waals surface area contributed by atoms with E-state index in [4.69, 9.17) is 9.47 Å². The number of rotatable bonds is 5. The average Bonchev–Trinajstić information content (AvgIpc) is 3.09. The number of phenols is 1. The maximum absolute atomic E-state index is 12.6. The zero-order chi connectivity index (χ0) is 19.6. The molecule has 0 saturated heterocycles. The normalized spacial score (nSPS) is 13.0. The van der Waals surface area contributed by atoms with Gasteiger partial charge in [0.05, 0.1) is 11.8 Å². The molecule has 0 atom stereocenters. The molecule has 2 aromatic rings. The molecule has 0 unspecified atom stereocenters. The van der Waals surface area contributed by atoms with Gasteiger partial charge in [-0.25, -0.2) is 5.43 Å². The Bertz CT molecular complexity index is 888. The zero-order valence-electron chi connectivity index (χ0n) is 15.9. The molecule has 1 amide bonds. The lowest BCUT2D eigenvalue weighted by atomic mass is 9.92. The van der Waals surface area contributed by atoms with Crippen molar-refractivity contribution in [3.05, 3.63) is 52.6 Å². The van der Waals surface area contributed by atoms with Gasteiger partial charge >= 0.3 is 0 Å². The summed E-state index contributed by atoms with van der Waals surface area (Å²) in [7, 11) is 0. The molecule has 6 nitrogen and oxygen atoms in total. The third-order valence-corrected chi connectivity index (χ3v) is 4.47. The first-order valence-electron chi connectivity index (χ1n) is 8.96. The van der Waals surface area contributed by atoms with Crippen molar-refractivity contribution in [2.24, 2.45) is 5.10 Å². The predicted molar refractivity (Wildman–Crippen MR) is 104 cm³/mol. The largest absolute Gasteiger partial charge is 0.507 e. The van der Waals surface area contributed by atoms with Crippen LogP contribution in [0.2, 0.25) is 0 Å². The minimum atomic E-state index is -0.450. The number of amides is 1. The molecule has 0 saturated carbocycles. The van der Waals surface area contributed by atoms with E-state index >= 15 is 0 Å². The van der Waals surface area contributed by atoms with Gasteiger partial charge in [0.1, 0.15) is 5.75 Å². The van der Waals surface area contributed by atoms with E-state index in [0.29, 0.717) is 11.5 Å². The van der Waals surface area contributed by atoms with Crippen LogP contribution in [0.3, 0.4) is 0 Å². The number of nitrogens with one attached hydrogen (secondary N) is 1. The molecule has 1 aliphatic heterocycles. The van der Waals surface area contributed by atoms with Crippen LogP contribution in [0.15, 0.2) is 35.4 Å². The molecule has 142 valence electrons. The predicted octanol–water partition coefficient (Wildman–Crippen LogP) is 4.13. The van der Waals surface area contributed by atoms with E-state index in [9.17, 15) is 9.90 Å². The summed E-state index contributed by atoms with van der Waals surface area (Å²) >= 11 is 0. The highest BCUT2D eigenvalue weighted by molar-refractivity contribution is 5.98. The van der Waals surface area contributed by atoms with Gasteiger partial charge in [-0.2, -0.15) is 5.10 Å². The number of carbonyl (C=O) groups is 1. The molecule has 27 heavy (non-hydrogen) atoms. The van der Waals surface area contributed by atoms with Crippen LogP contribution in [0.1, 0.15) is 66.6 Å². The molecule has 0 aliphatic carbocycles. The van der Waals surface area contributed by atoms with Crippen LogP contribution in [-0.2, 0) is 0 Å². The van der Waals surface area contributed by atoms with Gasteiger partial charge in [0.2, 0.25) is 6.79 Å². The van der Waals surface area contributed by atoms with E-state index in [1.165, 1.54) is 6.21 Å². The van der Waals surface area contributed by atoms with Gasteiger partial charge in [-0.3, -0.25) is 4.79 Å². The second-order valence-electron chi connectivity index (χ2n) is 7.13. The van der Waals surface area contributed by atoms with Crippen molar-refractivity contribution in [2.75, 3.05) is 6.79 Å². The molecular weight excluding hydrogens is 344 g/mol. The smallest absolute Gasteiger partial charge is 0.275 e.